The number of nitrogens with zero attached hydrogens (tertiary/aromatic N) is 2. The zero-order valence-corrected chi connectivity index (χ0v) is 20.4. The molecular weight excluding hydrogens is 434 g/mol. The first-order valence-corrected chi connectivity index (χ1v) is 12.4. The smallest absolute Gasteiger partial charge is 0.258 e. The van der Waals surface area contributed by atoms with E-state index in [0.717, 1.165) is 49.0 Å². The standard InChI is InChI=1S/C24H32N4O2.CH5NS/c29-16-12-19-8-9-20-21(17-19)28-14-10-18(11-15-28)5-2-1-3-13-25-22-6-4-7-23(26-22)27-24(20)30;1-2-3/h4,6-9,17-18,29H,1-3,5,10-16H2,(H2,25,26,27,30);2-3H,1H3. The van der Waals surface area contributed by atoms with Crippen LogP contribution in [0.2, 0.25) is 0 Å². The summed E-state index contributed by atoms with van der Waals surface area (Å²) in [5.74, 6) is 1.98. The summed E-state index contributed by atoms with van der Waals surface area (Å²) in [6, 6.07) is 11.6. The lowest BCUT2D eigenvalue weighted by Gasteiger charge is -2.35. The highest BCUT2D eigenvalue weighted by Gasteiger charge is 2.23. The summed E-state index contributed by atoms with van der Waals surface area (Å²) in [5.41, 5.74) is 2.69. The molecule has 8 heteroatoms. The Morgan fingerprint density at radius 2 is 1.88 bits per heavy atom. The van der Waals surface area contributed by atoms with E-state index < -0.39 is 0 Å². The Morgan fingerprint density at radius 1 is 1.12 bits per heavy atom. The van der Waals surface area contributed by atoms with Gasteiger partial charge in [-0.2, -0.15) is 0 Å². The summed E-state index contributed by atoms with van der Waals surface area (Å²) in [6.45, 7) is 2.96. The second-order valence-corrected chi connectivity index (χ2v) is 9.06. The van der Waals surface area contributed by atoms with E-state index in [1.165, 1.54) is 32.1 Å². The van der Waals surface area contributed by atoms with Crippen molar-refractivity contribution in [1.29, 1.82) is 0 Å². The molecular formula is C25H37N5O2S. The molecule has 1 saturated heterocycles. The van der Waals surface area contributed by atoms with Crippen LogP contribution in [0.1, 0.15) is 54.4 Å². The van der Waals surface area contributed by atoms with Gasteiger partial charge in [0.15, 0.2) is 0 Å². The minimum atomic E-state index is -0.142. The van der Waals surface area contributed by atoms with Crippen LogP contribution in [-0.4, -0.2) is 49.3 Å². The van der Waals surface area contributed by atoms with E-state index in [-0.39, 0.29) is 12.5 Å². The van der Waals surface area contributed by atoms with E-state index >= 15 is 0 Å². The van der Waals surface area contributed by atoms with E-state index in [9.17, 15) is 9.90 Å². The van der Waals surface area contributed by atoms with Gasteiger partial charge in [-0.3, -0.25) is 9.52 Å². The number of aliphatic hydroxyl groups is 1. The van der Waals surface area contributed by atoms with Crippen molar-refractivity contribution in [2.24, 2.45) is 5.92 Å². The number of rotatable bonds is 2. The van der Waals surface area contributed by atoms with E-state index in [1.54, 1.807) is 7.05 Å². The average molecular weight is 472 g/mol. The Bertz CT molecular complexity index is 887. The number of fused-ring (bicyclic) bond motifs is 8. The number of aromatic nitrogens is 1. The monoisotopic (exact) mass is 471 g/mol. The van der Waals surface area contributed by atoms with Crippen molar-refractivity contribution in [2.45, 2.75) is 44.9 Å². The van der Waals surface area contributed by atoms with Gasteiger partial charge in [0, 0.05) is 31.9 Å². The van der Waals surface area contributed by atoms with Crippen LogP contribution >= 0.6 is 12.8 Å². The molecule has 1 amide bonds. The number of hydrogen-bond acceptors (Lipinski definition) is 7. The molecule has 0 radical (unpaired) electrons. The van der Waals surface area contributed by atoms with Gasteiger partial charge in [0.1, 0.15) is 11.6 Å². The van der Waals surface area contributed by atoms with Gasteiger partial charge in [0.2, 0.25) is 0 Å². The highest BCUT2D eigenvalue weighted by atomic mass is 32.1. The maximum absolute atomic E-state index is 13.2. The lowest BCUT2D eigenvalue weighted by Crippen LogP contribution is -2.35. The molecule has 1 aromatic carbocycles. The predicted octanol–water partition coefficient (Wildman–Crippen LogP) is 4.12. The highest BCUT2D eigenvalue weighted by Crippen LogP contribution is 2.30. The van der Waals surface area contributed by atoms with Gasteiger partial charge in [-0.25, -0.2) is 4.98 Å². The molecule has 3 aliphatic rings. The van der Waals surface area contributed by atoms with Crippen LogP contribution < -0.4 is 20.3 Å². The molecule has 4 N–H and O–H groups in total. The molecule has 1 aromatic heterocycles. The van der Waals surface area contributed by atoms with Gasteiger partial charge in [-0.1, -0.05) is 44.2 Å². The number of anilines is 3. The maximum atomic E-state index is 13.2. The van der Waals surface area contributed by atoms with E-state index in [0.29, 0.717) is 17.8 Å². The molecule has 1 fully saturated rings. The Morgan fingerprint density at radius 3 is 2.64 bits per heavy atom. The highest BCUT2D eigenvalue weighted by molar-refractivity contribution is 7.78. The van der Waals surface area contributed by atoms with Crippen LogP contribution in [0.4, 0.5) is 17.3 Å². The summed E-state index contributed by atoms with van der Waals surface area (Å²) < 4.78 is 2.44. The summed E-state index contributed by atoms with van der Waals surface area (Å²) in [5, 5.41) is 15.7. The van der Waals surface area contributed by atoms with Crippen molar-refractivity contribution >= 4 is 36.0 Å². The number of piperidine rings is 1. The van der Waals surface area contributed by atoms with Crippen molar-refractivity contribution in [3.63, 3.8) is 0 Å². The summed E-state index contributed by atoms with van der Waals surface area (Å²) >= 11 is 3.54. The van der Waals surface area contributed by atoms with Crippen molar-refractivity contribution in [3.8, 4) is 0 Å². The third-order valence-electron chi connectivity index (χ3n) is 6.25. The molecule has 0 aliphatic carbocycles. The normalized spacial score (nSPS) is 17.2. The topological polar surface area (TPSA) is 89.5 Å². The predicted molar refractivity (Wildman–Crippen MR) is 139 cm³/mol. The number of carbonyl (C=O) groups is 1. The van der Waals surface area contributed by atoms with E-state index in [4.69, 9.17) is 0 Å². The number of carbonyl (C=O) groups excluding carboxylic acids is 1. The quantitative estimate of drug-likeness (QED) is 0.424. The minimum Gasteiger partial charge on any atom is -0.396 e. The lowest BCUT2D eigenvalue weighted by molar-refractivity contribution is 0.102. The minimum absolute atomic E-state index is 0.108. The molecule has 3 aliphatic heterocycles. The second-order valence-electron chi connectivity index (χ2n) is 8.62. The Labute approximate surface area is 202 Å². The lowest BCUT2D eigenvalue weighted by atomic mass is 9.90. The summed E-state index contributed by atoms with van der Waals surface area (Å²) in [4.78, 5) is 20.0. The Balaban J connectivity index is 0.000000968. The number of pyridine rings is 1. The largest absolute Gasteiger partial charge is 0.396 e. The van der Waals surface area contributed by atoms with E-state index in [1.807, 2.05) is 30.3 Å². The maximum Gasteiger partial charge on any atom is 0.258 e. The van der Waals surface area contributed by atoms with Gasteiger partial charge in [-0.05, 0) is 68.5 Å². The van der Waals surface area contributed by atoms with Crippen LogP contribution in [0.3, 0.4) is 0 Å². The van der Waals surface area contributed by atoms with Crippen LogP contribution in [0, 0.1) is 5.92 Å². The first-order chi connectivity index (χ1) is 16.1. The van der Waals surface area contributed by atoms with Crippen LogP contribution in [0.15, 0.2) is 36.4 Å². The van der Waals surface area contributed by atoms with Crippen LogP contribution in [0.5, 0.6) is 0 Å². The molecule has 0 spiro atoms. The Hall–Kier alpha value is -2.29. The van der Waals surface area contributed by atoms with Gasteiger partial charge < -0.3 is 20.6 Å². The fourth-order valence-corrected chi connectivity index (χ4v) is 4.52. The number of benzene rings is 1. The average Bonchev–Trinajstić information content (AvgIpc) is 2.82. The number of nitrogens with one attached hydrogen (secondary N) is 3. The van der Waals surface area contributed by atoms with Gasteiger partial charge in [-0.15, -0.1) is 0 Å². The molecule has 0 atom stereocenters. The van der Waals surface area contributed by atoms with Crippen molar-refractivity contribution in [1.82, 2.24) is 9.71 Å². The molecule has 33 heavy (non-hydrogen) atoms. The van der Waals surface area contributed by atoms with Gasteiger partial charge >= 0.3 is 0 Å². The Kier molecular flexibility index (Phi) is 10.3. The molecule has 7 nitrogen and oxygen atoms in total. The number of thiol groups is 1. The molecule has 5 rings (SSSR count). The van der Waals surface area contributed by atoms with Crippen LogP contribution in [0.25, 0.3) is 0 Å². The summed E-state index contributed by atoms with van der Waals surface area (Å²) in [6.07, 6.45) is 7.88. The molecule has 180 valence electrons. The summed E-state index contributed by atoms with van der Waals surface area (Å²) in [7, 11) is 1.74. The van der Waals surface area contributed by atoms with Crippen molar-refractivity contribution in [3.05, 3.63) is 47.5 Å². The molecule has 0 saturated carbocycles. The molecule has 4 bridgehead atoms. The third kappa shape index (κ3) is 7.62. The van der Waals surface area contributed by atoms with Gasteiger partial charge in [0.05, 0.1) is 5.56 Å². The molecule has 0 unspecified atom stereocenters. The first-order valence-electron chi connectivity index (χ1n) is 12.0. The van der Waals surface area contributed by atoms with Crippen molar-refractivity contribution < 1.29 is 9.90 Å². The molecule has 4 heterocycles. The number of aliphatic hydroxyl groups excluding tert-OH is 1. The fourth-order valence-electron chi connectivity index (χ4n) is 4.52. The van der Waals surface area contributed by atoms with Crippen LogP contribution in [-0.2, 0) is 6.42 Å². The second kappa shape index (κ2) is 13.4. The zero-order valence-electron chi connectivity index (χ0n) is 19.5. The fraction of sp³-hybridized carbons (Fsp3) is 0.520. The van der Waals surface area contributed by atoms with Crippen molar-refractivity contribution in [2.75, 3.05) is 48.8 Å². The zero-order chi connectivity index (χ0) is 23.5. The number of amides is 1. The SMILES string of the molecule is CNS.O=C1Nc2cccc(n2)NCCCCCC2CCN(CC2)c2cc(CCO)ccc21. The third-order valence-corrected chi connectivity index (χ3v) is 6.25. The van der Waals surface area contributed by atoms with E-state index in [2.05, 4.69) is 44.1 Å². The van der Waals surface area contributed by atoms with Gasteiger partial charge in [0.25, 0.3) is 5.91 Å². The first kappa shape index (κ1) is 25.3. The number of hydrogen-bond donors (Lipinski definition) is 5. The molecule has 2 aromatic rings.